The molecule has 0 saturated carbocycles. The van der Waals surface area contributed by atoms with Crippen LogP contribution in [0.2, 0.25) is 0 Å². The summed E-state index contributed by atoms with van der Waals surface area (Å²) in [6.45, 7) is 23.8. The van der Waals surface area contributed by atoms with Gasteiger partial charge in [0.05, 0.1) is 0 Å². The molecule has 27 heavy (non-hydrogen) atoms. The summed E-state index contributed by atoms with van der Waals surface area (Å²) in [5, 5.41) is 12.1. The van der Waals surface area contributed by atoms with Crippen molar-refractivity contribution in [2.45, 2.75) is 0 Å². The van der Waals surface area contributed by atoms with Crippen molar-refractivity contribution in [3.8, 4) is 0 Å². The number of hydrogen-bond donors (Lipinski definition) is 0. The van der Waals surface area contributed by atoms with Gasteiger partial charge in [0.25, 0.3) is 0 Å². The Bertz CT molecular complexity index is 546. The van der Waals surface area contributed by atoms with Crippen LogP contribution in [0.25, 0.3) is 0 Å². The van der Waals surface area contributed by atoms with Gasteiger partial charge < -0.3 is 0 Å². The van der Waals surface area contributed by atoms with Crippen LogP contribution < -0.4 is 9.81 Å². The van der Waals surface area contributed by atoms with Crippen LogP contribution in [0.3, 0.4) is 0 Å². The molecular formula is C18H21Bi3S6. The Hall–Kier alpha value is 2.41. The van der Waals surface area contributed by atoms with Gasteiger partial charge in [-0.3, -0.25) is 0 Å². The minimum atomic E-state index is -2.02. The summed E-state index contributed by atoms with van der Waals surface area (Å²) in [7, 11) is 11.7. The molecule has 0 aromatic heterocycles. The third-order valence-corrected chi connectivity index (χ3v) is 61.0. The molecule has 1 rings (SSSR count). The first kappa shape index (κ1) is 27.4. The van der Waals surface area contributed by atoms with Gasteiger partial charge in [-0.05, 0) is 0 Å². The Kier molecular flexibility index (Phi) is 17.3. The van der Waals surface area contributed by atoms with Crippen LogP contribution >= 0.6 is 51.1 Å². The van der Waals surface area contributed by atoms with Crippen molar-refractivity contribution in [3.05, 3.63) is 90.1 Å². The van der Waals surface area contributed by atoms with Gasteiger partial charge >= 0.3 is 208 Å². The zero-order valence-corrected chi connectivity index (χ0v) is 30.1. The van der Waals surface area contributed by atoms with Gasteiger partial charge in [0, 0.05) is 0 Å². The maximum atomic E-state index is 3.96. The van der Waals surface area contributed by atoms with Crippen LogP contribution in [0, 0.1) is 0 Å². The predicted molar refractivity (Wildman–Crippen MR) is 149 cm³/mol. The molecule has 0 atom stereocenters. The SMILES string of the molecule is C=C[S][Bi]([S]C=C)[c]1c[c]([Bi]([S]C=C)[S]C=C)c[c]([Bi]([S]C=C)[S]C=C)c1. The van der Waals surface area contributed by atoms with E-state index < -0.39 is 56.5 Å². The van der Waals surface area contributed by atoms with E-state index in [-0.39, 0.29) is 0 Å². The molecule has 0 heterocycles. The fraction of sp³-hybridized carbons (Fsp3) is 0. The second-order valence-electron chi connectivity index (χ2n) is 4.11. The molecular weight excluding hydrogens is 1040 g/mol. The van der Waals surface area contributed by atoms with Crippen LogP contribution in [0.4, 0.5) is 0 Å². The van der Waals surface area contributed by atoms with E-state index in [0.717, 1.165) is 0 Å². The molecule has 0 N–H and O–H groups in total. The fourth-order valence-corrected chi connectivity index (χ4v) is 53.0. The predicted octanol–water partition coefficient (Wildman–Crippen LogP) is 6.03. The Morgan fingerprint density at radius 1 is 0.444 bits per heavy atom. The molecule has 0 nitrogen and oxygen atoms in total. The monoisotopic (exact) mass is 1060 g/mol. The first-order valence-electron chi connectivity index (χ1n) is 7.36. The van der Waals surface area contributed by atoms with Gasteiger partial charge in [-0.2, -0.15) is 0 Å². The fourth-order valence-electron chi connectivity index (χ4n) is 1.74. The van der Waals surface area contributed by atoms with Crippen LogP contribution in [-0.2, 0) is 0 Å². The topological polar surface area (TPSA) is 0 Å². The molecule has 0 radical (unpaired) electrons. The Morgan fingerprint density at radius 2 is 0.630 bits per heavy atom. The van der Waals surface area contributed by atoms with E-state index in [4.69, 9.17) is 0 Å². The van der Waals surface area contributed by atoms with E-state index in [1.54, 1.807) is 9.81 Å². The van der Waals surface area contributed by atoms with Gasteiger partial charge in [-0.25, -0.2) is 0 Å². The number of hydrogen-bond acceptors (Lipinski definition) is 6. The Morgan fingerprint density at radius 3 is 0.778 bits per heavy atom. The summed E-state index contributed by atoms with van der Waals surface area (Å²) in [4.78, 5) is 0. The average molecular weight is 1060 g/mol. The number of rotatable bonds is 15. The normalized spacial score (nSPS) is 10.8. The van der Waals surface area contributed by atoms with Crippen molar-refractivity contribution in [1.29, 1.82) is 0 Å². The van der Waals surface area contributed by atoms with E-state index in [9.17, 15) is 0 Å². The molecule has 0 spiro atoms. The van der Waals surface area contributed by atoms with Gasteiger partial charge in [-0.15, -0.1) is 0 Å². The summed E-state index contributed by atoms with van der Waals surface area (Å²) in [6.07, 6.45) is 0. The maximum absolute atomic E-state index is 3.96. The molecule has 1 aromatic rings. The first-order valence-corrected chi connectivity index (χ1v) is 43.1. The van der Waals surface area contributed by atoms with Crippen molar-refractivity contribution in [3.63, 3.8) is 0 Å². The van der Waals surface area contributed by atoms with Crippen molar-refractivity contribution < 1.29 is 0 Å². The molecule has 0 aliphatic carbocycles. The summed E-state index contributed by atoms with van der Waals surface area (Å²) < 4.78 is 4.66. The van der Waals surface area contributed by atoms with Crippen LogP contribution in [-0.4, -0.2) is 56.5 Å². The minimum absolute atomic E-state index is 1.55. The molecule has 9 heteroatoms. The summed E-state index contributed by atoms with van der Waals surface area (Å²) >= 11 is -6.06. The van der Waals surface area contributed by atoms with E-state index in [0.29, 0.717) is 0 Å². The zero-order chi connectivity index (χ0) is 20.1. The summed E-state index contributed by atoms with van der Waals surface area (Å²) in [5.74, 6) is 0. The molecule has 144 valence electrons. The molecule has 0 unspecified atom stereocenters. The van der Waals surface area contributed by atoms with Gasteiger partial charge in [-0.1, -0.05) is 0 Å². The average Bonchev–Trinajstić information content (AvgIpc) is 2.67. The second kappa shape index (κ2) is 17.0. The number of benzene rings is 1. The van der Waals surface area contributed by atoms with Crippen molar-refractivity contribution in [1.82, 2.24) is 0 Å². The Labute approximate surface area is 203 Å². The quantitative estimate of drug-likeness (QED) is 0.196. The standard InChI is InChI=1S/C6H3.6C2H4S.3Bi/c1-2-4-6-5-3-1;6*1-2-3;;;/h1,4-5H;6*2-3H,1H2;;;/q;;;;;;;3*+2/p-6. The van der Waals surface area contributed by atoms with E-state index >= 15 is 0 Å². The van der Waals surface area contributed by atoms with Crippen molar-refractivity contribution >= 4 is 117 Å². The van der Waals surface area contributed by atoms with Crippen LogP contribution in [0.15, 0.2) is 90.1 Å². The summed E-state index contributed by atoms with van der Waals surface area (Å²) in [5.41, 5.74) is 0. The summed E-state index contributed by atoms with van der Waals surface area (Å²) in [6, 6.07) is 7.45. The van der Waals surface area contributed by atoms with E-state index in [1.165, 1.54) is 0 Å². The molecule has 1 aromatic carbocycles. The first-order chi connectivity index (χ1) is 13.1. The molecule has 0 bridgehead atoms. The molecule has 0 fully saturated rings. The second-order valence-corrected chi connectivity index (χ2v) is 59.5. The van der Waals surface area contributed by atoms with Crippen LogP contribution in [0.5, 0.6) is 0 Å². The molecule has 0 amide bonds. The van der Waals surface area contributed by atoms with E-state index in [1.807, 2.05) is 83.6 Å². The zero-order valence-electron chi connectivity index (χ0n) is 14.7. The third kappa shape index (κ3) is 10.0. The van der Waals surface area contributed by atoms with Gasteiger partial charge in [0.15, 0.2) is 0 Å². The van der Waals surface area contributed by atoms with E-state index in [2.05, 4.69) is 57.7 Å². The van der Waals surface area contributed by atoms with Gasteiger partial charge in [0.2, 0.25) is 0 Å². The molecule has 0 aliphatic rings. The van der Waals surface area contributed by atoms with Crippen molar-refractivity contribution in [2.75, 3.05) is 0 Å². The van der Waals surface area contributed by atoms with Gasteiger partial charge in [0.1, 0.15) is 0 Å². The molecule has 0 saturated heterocycles. The molecule has 0 aliphatic heterocycles. The third-order valence-electron chi connectivity index (χ3n) is 2.54. The Balaban J connectivity index is 3.50. The van der Waals surface area contributed by atoms with Crippen molar-refractivity contribution in [2.24, 2.45) is 0 Å². The van der Waals surface area contributed by atoms with Crippen LogP contribution in [0.1, 0.15) is 0 Å².